The molecule has 0 fully saturated rings. The minimum absolute atomic E-state index is 0.0615. The maximum absolute atomic E-state index is 11.2. The van der Waals surface area contributed by atoms with Crippen LogP contribution in [0.5, 0.6) is 0 Å². The van der Waals surface area contributed by atoms with Gasteiger partial charge in [-0.05, 0) is 20.4 Å². The minimum Gasteiger partial charge on any atom is -0.464 e. The Bertz CT molecular complexity index is 160. The number of carbonyl (C=O) groups is 1. The number of unbranched alkanes of at least 4 members (excludes halogenated alkanes) is 4. The first-order valence-corrected chi connectivity index (χ1v) is 6.03. The Hall–Kier alpha value is -0.570. The first-order chi connectivity index (χ1) is 7.20. The van der Waals surface area contributed by atoms with Crippen LogP contribution in [-0.4, -0.2) is 25.7 Å². The van der Waals surface area contributed by atoms with Crippen molar-refractivity contribution in [2.24, 2.45) is 0 Å². The maximum atomic E-state index is 11.2. The van der Waals surface area contributed by atoms with Crippen molar-refractivity contribution in [3.63, 3.8) is 0 Å². The molecular formula is C12H25NO2. The molecule has 0 aromatic heterocycles. The first kappa shape index (κ1) is 14.4. The number of likely N-dealkylation sites (N-methyl/N-ethyl adjacent to an activating group) is 1. The lowest BCUT2D eigenvalue weighted by Gasteiger charge is -2.10. The first-order valence-electron chi connectivity index (χ1n) is 6.03. The van der Waals surface area contributed by atoms with Gasteiger partial charge in [-0.1, -0.05) is 32.6 Å². The van der Waals surface area contributed by atoms with Gasteiger partial charge >= 0.3 is 5.97 Å². The third-order valence-electron chi connectivity index (χ3n) is 2.47. The lowest BCUT2D eigenvalue weighted by Crippen LogP contribution is -2.28. The summed E-state index contributed by atoms with van der Waals surface area (Å²) in [6.45, 7) is 4.66. The molecule has 1 N–H and O–H groups in total. The summed E-state index contributed by atoms with van der Waals surface area (Å²) in [6.07, 6.45) is 6.42. The van der Waals surface area contributed by atoms with Gasteiger partial charge in [0.2, 0.25) is 0 Å². The zero-order chi connectivity index (χ0) is 11.5. The van der Waals surface area contributed by atoms with E-state index in [2.05, 4.69) is 12.2 Å². The zero-order valence-corrected chi connectivity index (χ0v) is 10.3. The molecule has 3 nitrogen and oxygen atoms in total. The monoisotopic (exact) mass is 215 g/mol. The predicted octanol–water partition coefficient (Wildman–Crippen LogP) is 2.50. The predicted molar refractivity (Wildman–Crippen MR) is 62.9 cm³/mol. The van der Waals surface area contributed by atoms with Crippen LogP contribution in [-0.2, 0) is 9.53 Å². The van der Waals surface area contributed by atoms with Crippen LogP contribution in [0.15, 0.2) is 0 Å². The van der Waals surface area contributed by atoms with E-state index in [0.29, 0.717) is 13.0 Å². The fourth-order valence-electron chi connectivity index (χ4n) is 1.25. The second-order valence-corrected chi connectivity index (χ2v) is 4.04. The Labute approximate surface area is 93.6 Å². The van der Waals surface area contributed by atoms with Gasteiger partial charge in [-0.2, -0.15) is 0 Å². The van der Waals surface area contributed by atoms with Crippen molar-refractivity contribution in [3.8, 4) is 0 Å². The number of rotatable bonds is 9. The van der Waals surface area contributed by atoms with Crippen LogP contribution < -0.4 is 5.32 Å². The van der Waals surface area contributed by atoms with Crippen LogP contribution in [0, 0.1) is 0 Å². The molecule has 0 rings (SSSR count). The summed E-state index contributed by atoms with van der Waals surface area (Å²) >= 11 is 0. The molecule has 0 aromatic rings. The Kier molecular flexibility index (Phi) is 9.59. The number of hydrogen-bond acceptors (Lipinski definition) is 3. The van der Waals surface area contributed by atoms with Crippen LogP contribution in [0.3, 0.4) is 0 Å². The molecule has 0 radical (unpaired) electrons. The van der Waals surface area contributed by atoms with Gasteiger partial charge in [0, 0.05) is 12.5 Å². The van der Waals surface area contributed by atoms with E-state index >= 15 is 0 Å². The van der Waals surface area contributed by atoms with Gasteiger partial charge in [-0.15, -0.1) is 0 Å². The van der Waals surface area contributed by atoms with E-state index in [1.54, 1.807) is 0 Å². The van der Waals surface area contributed by atoms with Gasteiger partial charge < -0.3 is 10.1 Å². The molecule has 15 heavy (non-hydrogen) atoms. The quantitative estimate of drug-likeness (QED) is 0.474. The smallest absolute Gasteiger partial charge is 0.305 e. The van der Waals surface area contributed by atoms with Crippen molar-refractivity contribution in [1.29, 1.82) is 0 Å². The van der Waals surface area contributed by atoms with Crippen LogP contribution in [0.25, 0.3) is 0 Å². The summed E-state index contributed by atoms with van der Waals surface area (Å²) in [5.41, 5.74) is 0. The second-order valence-electron chi connectivity index (χ2n) is 4.04. The lowest BCUT2D eigenvalue weighted by molar-refractivity contribution is -0.144. The largest absolute Gasteiger partial charge is 0.464 e. The SMILES string of the molecule is CCCCCCCC(=O)OCC(C)NC. The van der Waals surface area contributed by atoms with E-state index in [9.17, 15) is 4.79 Å². The molecule has 0 bridgehead atoms. The van der Waals surface area contributed by atoms with E-state index in [1.165, 1.54) is 19.3 Å². The summed E-state index contributed by atoms with van der Waals surface area (Å²) in [5, 5.41) is 3.03. The Morgan fingerprint density at radius 2 is 1.93 bits per heavy atom. The molecule has 1 unspecified atom stereocenters. The number of esters is 1. The third-order valence-corrected chi connectivity index (χ3v) is 2.47. The van der Waals surface area contributed by atoms with Gasteiger partial charge in [-0.25, -0.2) is 0 Å². The Morgan fingerprint density at radius 1 is 1.27 bits per heavy atom. The highest BCUT2D eigenvalue weighted by Crippen LogP contribution is 2.05. The fraction of sp³-hybridized carbons (Fsp3) is 0.917. The van der Waals surface area contributed by atoms with Crippen molar-refractivity contribution in [1.82, 2.24) is 5.32 Å². The number of hydrogen-bond donors (Lipinski definition) is 1. The third kappa shape index (κ3) is 9.73. The normalized spacial score (nSPS) is 12.5. The van der Waals surface area contributed by atoms with Gasteiger partial charge in [0.15, 0.2) is 0 Å². The number of ether oxygens (including phenoxy) is 1. The van der Waals surface area contributed by atoms with Crippen molar-refractivity contribution < 1.29 is 9.53 Å². The molecule has 90 valence electrons. The zero-order valence-electron chi connectivity index (χ0n) is 10.3. The average molecular weight is 215 g/mol. The molecule has 0 spiro atoms. The van der Waals surface area contributed by atoms with Crippen molar-refractivity contribution in [2.75, 3.05) is 13.7 Å². The molecule has 3 heteroatoms. The molecule has 0 amide bonds. The van der Waals surface area contributed by atoms with E-state index in [0.717, 1.165) is 12.8 Å². The topological polar surface area (TPSA) is 38.3 Å². The van der Waals surface area contributed by atoms with Crippen LogP contribution >= 0.6 is 0 Å². The molecule has 0 saturated carbocycles. The molecule has 0 aliphatic heterocycles. The molecule has 0 aliphatic rings. The van der Waals surface area contributed by atoms with Crippen LogP contribution in [0.1, 0.15) is 52.4 Å². The standard InChI is InChI=1S/C12H25NO2/c1-4-5-6-7-8-9-12(14)15-10-11(2)13-3/h11,13H,4-10H2,1-3H3. The van der Waals surface area contributed by atoms with Crippen molar-refractivity contribution in [2.45, 2.75) is 58.4 Å². The number of carbonyl (C=O) groups excluding carboxylic acids is 1. The fourth-order valence-corrected chi connectivity index (χ4v) is 1.25. The molecule has 0 saturated heterocycles. The Morgan fingerprint density at radius 3 is 2.53 bits per heavy atom. The second kappa shape index (κ2) is 9.97. The van der Waals surface area contributed by atoms with Crippen molar-refractivity contribution >= 4 is 5.97 Å². The van der Waals surface area contributed by atoms with Gasteiger partial charge in [0.1, 0.15) is 6.61 Å². The summed E-state index contributed by atoms with van der Waals surface area (Å²) < 4.78 is 5.10. The molecule has 0 aliphatic carbocycles. The lowest BCUT2D eigenvalue weighted by atomic mass is 10.1. The maximum Gasteiger partial charge on any atom is 0.305 e. The molecule has 0 heterocycles. The van der Waals surface area contributed by atoms with Gasteiger partial charge in [0.05, 0.1) is 0 Å². The van der Waals surface area contributed by atoms with Gasteiger partial charge in [-0.3, -0.25) is 4.79 Å². The minimum atomic E-state index is -0.0615. The molecular weight excluding hydrogens is 190 g/mol. The Balaban J connectivity index is 3.26. The van der Waals surface area contributed by atoms with E-state index < -0.39 is 0 Å². The average Bonchev–Trinajstić information content (AvgIpc) is 2.25. The number of nitrogens with one attached hydrogen (secondary N) is 1. The summed E-state index contributed by atoms with van der Waals surface area (Å²) in [6, 6.07) is 0.244. The highest BCUT2D eigenvalue weighted by atomic mass is 16.5. The highest BCUT2D eigenvalue weighted by Gasteiger charge is 2.04. The van der Waals surface area contributed by atoms with E-state index in [4.69, 9.17) is 4.74 Å². The summed E-state index contributed by atoms with van der Waals surface area (Å²) in [7, 11) is 1.86. The molecule has 1 atom stereocenters. The van der Waals surface area contributed by atoms with Crippen molar-refractivity contribution in [3.05, 3.63) is 0 Å². The van der Waals surface area contributed by atoms with Crippen LogP contribution in [0.2, 0.25) is 0 Å². The summed E-state index contributed by atoms with van der Waals surface area (Å²) in [5.74, 6) is -0.0615. The van der Waals surface area contributed by atoms with E-state index in [1.807, 2.05) is 14.0 Å². The summed E-state index contributed by atoms with van der Waals surface area (Å²) in [4.78, 5) is 11.2. The van der Waals surface area contributed by atoms with Crippen LogP contribution in [0.4, 0.5) is 0 Å². The van der Waals surface area contributed by atoms with E-state index in [-0.39, 0.29) is 12.0 Å². The highest BCUT2D eigenvalue weighted by molar-refractivity contribution is 5.69. The molecule has 0 aromatic carbocycles. The van der Waals surface area contributed by atoms with Gasteiger partial charge in [0.25, 0.3) is 0 Å².